The molecule has 0 unspecified atom stereocenters. The van der Waals surface area contributed by atoms with E-state index in [1.54, 1.807) is 24.3 Å². The van der Waals surface area contributed by atoms with Gasteiger partial charge >= 0.3 is 0 Å². The van der Waals surface area contributed by atoms with Crippen LogP contribution in [0.5, 0.6) is 0 Å². The summed E-state index contributed by atoms with van der Waals surface area (Å²) in [6.07, 6.45) is 2.26. The van der Waals surface area contributed by atoms with Crippen molar-refractivity contribution in [3.05, 3.63) is 46.7 Å². The molecule has 11 heteroatoms. The number of piperidine rings is 1. The number of hydrogen-bond acceptors (Lipinski definition) is 8. The monoisotopic (exact) mass is 447 g/mol. The Labute approximate surface area is 184 Å². The third-order valence-corrected chi connectivity index (χ3v) is 5.76. The Morgan fingerprint density at radius 1 is 1.23 bits per heavy atom. The zero-order valence-corrected chi connectivity index (χ0v) is 17.7. The summed E-state index contributed by atoms with van der Waals surface area (Å²) in [5.41, 5.74) is 17.4. The zero-order valence-electron chi connectivity index (χ0n) is 16.9. The second-order valence-electron chi connectivity index (χ2n) is 7.55. The Balaban J connectivity index is 1.71. The first-order valence-corrected chi connectivity index (χ1v) is 10.2. The van der Waals surface area contributed by atoms with E-state index in [0.29, 0.717) is 43.2 Å². The van der Waals surface area contributed by atoms with Crippen LogP contribution in [0.25, 0.3) is 0 Å². The molecule has 0 bridgehead atoms. The van der Waals surface area contributed by atoms with Crippen LogP contribution in [0.3, 0.4) is 0 Å². The minimum atomic E-state index is -1.11. The number of primary amides is 1. The maximum Gasteiger partial charge on any atom is 0.256 e. The van der Waals surface area contributed by atoms with E-state index < -0.39 is 17.5 Å². The number of hydrogen-bond donors (Lipinski definition) is 5. The van der Waals surface area contributed by atoms with Gasteiger partial charge in [-0.15, -0.1) is 0 Å². The van der Waals surface area contributed by atoms with Gasteiger partial charge in [0.1, 0.15) is 23.5 Å². The lowest BCUT2D eigenvalue weighted by molar-refractivity contribution is -0.128. The van der Waals surface area contributed by atoms with Crippen LogP contribution in [0, 0.1) is 0 Å². The van der Waals surface area contributed by atoms with Crippen molar-refractivity contribution in [1.29, 1.82) is 0 Å². The largest absolute Gasteiger partial charge is 0.396 e. The van der Waals surface area contributed by atoms with Gasteiger partial charge in [0.15, 0.2) is 0 Å². The first-order chi connectivity index (χ1) is 14.7. The lowest BCUT2D eigenvalue weighted by Gasteiger charge is -2.39. The maximum absolute atomic E-state index is 13.0. The van der Waals surface area contributed by atoms with Gasteiger partial charge in [-0.2, -0.15) is 0 Å². The molecule has 0 saturated carbocycles. The number of nitrogens with two attached hydrogens (primary N) is 3. The van der Waals surface area contributed by atoms with E-state index in [9.17, 15) is 14.7 Å². The summed E-state index contributed by atoms with van der Waals surface area (Å²) in [7, 11) is 0. The van der Waals surface area contributed by atoms with Crippen LogP contribution in [0.1, 0.15) is 41.2 Å². The van der Waals surface area contributed by atoms with Gasteiger partial charge in [0.25, 0.3) is 5.91 Å². The number of carbonyl (C=O) groups is 2. The van der Waals surface area contributed by atoms with E-state index >= 15 is 0 Å². The SMILES string of the molecule is NC(=O)c1c(N)ncnc1N1CCC(N)(C(=O)N[C@@H](CCO)c2ccc(Cl)cc2)CC1. The van der Waals surface area contributed by atoms with E-state index in [2.05, 4.69) is 15.3 Å². The van der Waals surface area contributed by atoms with E-state index in [1.165, 1.54) is 6.33 Å². The van der Waals surface area contributed by atoms with Crippen molar-refractivity contribution < 1.29 is 14.7 Å². The Morgan fingerprint density at radius 2 is 1.87 bits per heavy atom. The van der Waals surface area contributed by atoms with Gasteiger partial charge < -0.3 is 32.5 Å². The summed E-state index contributed by atoms with van der Waals surface area (Å²) in [6, 6.07) is 6.68. The molecule has 3 rings (SSSR count). The molecule has 1 aliphatic rings. The van der Waals surface area contributed by atoms with Gasteiger partial charge in [-0.05, 0) is 37.0 Å². The molecule has 1 aliphatic heterocycles. The standard InChI is InChI=1S/C20H26ClN7O3/c21-13-3-1-12(2-4-13)14(5-10-29)27-19(31)20(24)6-8-28(9-7-20)18-15(17(23)30)16(22)25-11-26-18/h1-4,11,14,29H,5-10,24H2,(H2,23,30)(H,27,31)(H2,22,25,26)/t14-/m0/s1. The van der Waals surface area contributed by atoms with E-state index in [-0.39, 0.29) is 23.9 Å². The van der Waals surface area contributed by atoms with Crippen molar-refractivity contribution >= 4 is 35.1 Å². The summed E-state index contributed by atoms with van der Waals surface area (Å²) in [6.45, 7) is 0.669. The Hall–Kier alpha value is -2.95. The summed E-state index contributed by atoms with van der Waals surface area (Å²) < 4.78 is 0. The molecule has 31 heavy (non-hydrogen) atoms. The minimum Gasteiger partial charge on any atom is -0.396 e. The fourth-order valence-corrected chi connectivity index (χ4v) is 3.78. The van der Waals surface area contributed by atoms with Crippen molar-refractivity contribution in [3.8, 4) is 0 Å². The number of rotatable bonds is 7. The van der Waals surface area contributed by atoms with Crippen LogP contribution in [0.15, 0.2) is 30.6 Å². The molecule has 1 saturated heterocycles. The number of amides is 2. The number of aliphatic hydroxyl groups is 1. The average molecular weight is 448 g/mol. The lowest BCUT2D eigenvalue weighted by Crippen LogP contribution is -2.60. The van der Waals surface area contributed by atoms with Gasteiger partial charge in [-0.3, -0.25) is 9.59 Å². The molecule has 1 atom stereocenters. The molecule has 2 heterocycles. The smallest absolute Gasteiger partial charge is 0.256 e. The van der Waals surface area contributed by atoms with Crippen molar-refractivity contribution in [2.24, 2.45) is 11.5 Å². The van der Waals surface area contributed by atoms with Crippen molar-refractivity contribution in [1.82, 2.24) is 15.3 Å². The molecule has 2 aromatic rings. The van der Waals surface area contributed by atoms with Crippen molar-refractivity contribution in [2.45, 2.75) is 30.8 Å². The molecule has 1 aromatic carbocycles. The molecule has 10 nitrogen and oxygen atoms in total. The summed E-state index contributed by atoms with van der Waals surface area (Å²) in [4.78, 5) is 34.6. The molecular weight excluding hydrogens is 422 g/mol. The van der Waals surface area contributed by atoms with E-state index in [1.807, 2.05) is 4.90 Å². The van der Waals surface area contributed by atoms with Gasteiger partial charge in [0.2, 0.25) is 5.91 Å². The molecule has 0 aliphatic carbocycles. The van der Waals surface area contributed by atoms with Crippen molar-refractivity contribution in [3.63, 3.8) is 0 Å². The second kappa shape index (κ2) is 9.46. The first kappa shape index (κ1) is 22.7. The molecule has 2 amide bonds. The minimum absolute atomic E-state index is 0.00892. The zero-order chi connectivity index (χ0) is 22.6. The highest BCUT2D eigenvalue weighted by Crippen LogP contribution is 2.28. The van der Waals surface area contributed by atoms with Crippen LogP contribution in [-0.2, 0) is 4.79 Å². The Kier molecular flexibility index (Phi) is 6.94. The molecule has 1 aromatic heterocycles. The van der Waals surface area contributed by atoms with Crippen LogP contribution in [0.4, 0.5) is 11.6 Å². The van der Waals surface area contributed by atoms with Gasteiger partial charge in [0.05, 0.1) is 11.6 Å². The molecule has 0 spiro atoms. The quantitative estimate of drug-likeness (QED) is 0.404. The molecule has 0 radical (unpaired) electrons. The van der Waals surface area contributed by atoms with E-state index in [4.69, 9.17) is 28.8 Å². The first-order valence-electron chi connectivity index (χ1n) is 9.86. The highest BCUT2D eigenvalue weighted by molar-refractivity contribution is 6.30. The van der Waals surface area contributed by atoms with E-state index in [0.717, 1.165) is 5.56 Å². The fourth-order valence-electron chi connectivity index (χ4n) is 3.66. The number of anilines is 2. The topological polar surface area (TPSA) is 173 Å². The number of nitrogens with zero attached hydrogens (tertiary/aromatic N) is 3. The maximum atomic E-state index is 13.0. The second-order valence-corrected chi connectivity index (χ2v) is 7.99. The number of halogens is 1. The average Bonchev–Trinajstić information content (AvgIpc) is 2.74. The lowest BCUT2D eigenvalue weighted by atomic mass is 9.86. The number of carbonyl (C=O) groups excluding carboxylic acids is 2. The number of nitrogens with one attached hydrogen (secondary N) is 1. The molecule has 1 fully saturated rings. The van der Waals surface area contributed by atoms with Gasteiger partial charge in [-0.25, -0.2) is 9.97 Å². The summed E-state index contributed by atoms with van der Waals surface area (Å²) in [5.74, 6) is -0.681. The highest BCUT2D eigenvalue weighted by atomic mass is 35.5. The molecule has 166 valence electrons. The third-order valence-electron chi connectivity index (χ3n) is 5.51. The van der Waals surface area contributed by atoms with Gasteiger partial charge in [-0.1, -0.05) is 23.7 Å². The Bertz CT molecular complexity index is 946. The van der Waals surface area contributed by atoms with Gasteiger partial charge in [0, 0.05) is 24.7 Å². The van der Waals surface area contributed by atoms with Crippen LogP contribution in [-0.4, -0.2) is 52.1 Å². The fraction of sp³-hybridized carbons (Fsp3) is 0.400. The number of aliphatic hydroxyl groups excluding tert-OH is 1. The van der Waals surface area contributed by atoms with Crippen molar-refractivity contribution in [2.75, 3.05) is 30.3 Å². The predicted molar refractivity (Wildman–Crippen MR) is 117 cm³/mol. The predicted octanol–water partition coefficient (Wildman–Crippen LogP) is 0.349. The number of nitrogen functional groups attached to an aromatic ring is 1. The normalized spacial score (nSPS) is 16.5. The molecular formula is C20H26ClN7O3. The third kappa shape index (κ3) is 5.04. The summed E-state index contributed by atoms with van der Waals surface area (Å²) >= 11 is 5.94. The van der Waals surface area contributed by atoms with Crippen LogP contribution in [0.2, 0.25) is 5.02 Å². The van der Waals surface area contributed by atoms with Crippen LogP contribution < -0.4 is 27.4 Å². The number of aromatic nitrogens is 2. The van der Waals surface area contributed by atoms with Crippen LogP contribution >= 0.6 is 11.6 Å². The number of benzene rings is 1. The Morgan fingerprint density at radius 3 is 2.45 bits per heavy atom. The summed E-state index contributed by atoms with van der Waals surface area (Å²) in [5, 5.41) is 13.0. The highest BCUT2D eigenvalue weighted by Gasteiger charge is 2.39. The molecule has 8 N–H and O–H groups in total.